The van der Waals surface area contributed by atoms with Crippen LogP contribution < -0.4 is 11.1 Å². The van der Waals surface area contributed by atoms with Crippen LogP contribution in [0.3, 0.4) is 0 Å². The molecule has 114 valence electrons. The lowest BCUT2D eigenvalue weighted by Crippen LogP contribution is -2.43. The summed E-state index contributed by atoms with van der Waals surface area (Å²) < 4.78 is 5.75. The van der Waals surface area contributed by atoms with Gasteiger partial charge in [0.15, 0.2) is 0 Å². The van der Waals surface area contributed by atoms with Crippen LogP contribution >= 0.6 is 0 Å². The molecule has 20 heavy (non-hydrogen) atoms. The molecule has 2 heterocycles. The topological polar surface area (TPSA) is 87.9 Å². The number of hydrogen-bond donors (Lipinski definition) is 2. The molecule has 3 N–H and O–H groups in total. The molecule has 0 unspecified atom stereocenters. The molecule has 0 aromatic carbocycles. The number of likely N-dealkylation sites (tertiary alicyclic amines) is 1. The molecule has 2 aliphatic heterocycles. The predicted molar refractivity (Wildman–Crippen MR) is 74.2 cm³/mol. The lowest BCUT2D eigenvalue weighted by molar-refractivity contribution is -0.125. The van der Waals surface area contributed by atoms with Crippen molar-refractivity contribution in [3.05, 3.63) is 0 Å². The Kier molecular flexibility index (Phi) is 5.75. The summed E-state index contributed by atoms with van der Waals surface area (Å²) in [5.41, 5.74) is 5.43. The Bertz CT molecular complexity index is 327. The summed E-state index contributed by atoms with van der Waals surface area (Å²) in [4.78, 5) is 26.4. The number of nitrogens with zero attached hydrogens (tertiary/aromatic N) is 2. The molecule has 7 heteroatoms. The third-order valence-corrected chi connectivity index (χ3v) is 3.81. The molecule has 0 radical (unpaired) electrons. The van der Waals surface area contributed by atoms with E-state index in [-0.39, 0.29) is 18.5 Å². The first kappa shape index (κ1) is 15.2. The van der Waals surface area contributed by atoms with E-state index in [9.17, 15) is 9.59 Å². The van der Waals surface area contributed by atoms with Crippen LogP contribution in [0.15, 0.2) is 0 Å². The van der Waals surface area contributed by atoms with Crippen molar-refractivity contribution in [1.82, 2.24) is 15.1 Å². The fourth-order valence-corrected chi connectivity index (χ4v) is 2.56. The lowest BCUT2D eigenvalue weighted by atomic mass is 10.1. The molecule has 0 atom stereocenters. The summed E-state index contributed by atoms with van der Waals surface area (Å²) in [6, 6.07) is -0.269. The van der Waals surface area contributed by atoms with Crippen molar-refractivity contribution < 1.29 is 14.3 Å². The van der Waals surface area contributed by atoms with Crippen molar-refractivity contribution in [2.75, 3.05) is 45.9 Å². The van der Waals surface area contributed by atoms with E-state index in [1.807, 2.05) is 0 Å². The summed E-state index contributed by atoms with van der Waals surface area (Å²) >= 11 is 0. The first-order chi connectivity index (χ1) is 9.70. The number of ether oxygens (including phenoxy) is 1. The van der Waals surface area contributed by atoms with Gasteiger partial charge >= 0.3 is 6.03 Å². The number of carbonyl (C=O) groups excluding carboxylic acids is 2. The highest BCUT2D eigenvalue weighted by molar-refractivity contribution is 6.01. The molecule has 2 aliphatic rings. The SMILES string of the molecule is NCCCOC1CCN(CCN2C(=O)CNC2=O)CC1. The van der Waals surface area contributed by atoms with Crippen LogP contribution in [0.2, 0.25) is 0 Å². The number of rotatable bonds is 7. The fraction of sp³-hybridized carbons (Fsp3) is 0.846. The molecule has 3 amide bonds. The van der Waals surface area contributed by atoms with E-state index >= 15 is 0 Å². The zero-order valence-electron chi connectivity index (χ0n) is 11.8. The maximum absolute atomic E-state index is 11.5. The number of urea groups is 1. The van der Waals surface area contributed by atoms with Crippen LogP contribution in [0.4, 0.5) is 4.79 Å². The van der Waals surface area contributed by atoms with Crippen LogP contribution in [0.1, 0.15) is 19.3 Å². The summed E-state index contributed by atoms with van der Waals surface area (Å²) in [5.74, 6) is -0.130. The predicted octanol–water partition coefficient (Wildman–Crippen LogP) is -0.632. The van der Waals surface area contributed by atoms with Crippen molar-refractivity contribution >= 4 is 11.9 Å². The Hall–Kier alpha value is -1.18. The summed E-state index contributed by atoms with van der Waals surface area (Å²) in [5, 5.41) is 2.53. The van der Waals surface area contributed by atoms with Crippen LogP contribution in [0.25, 0.3) is 0 Å². The monoisotopic (exact) mass is 284 g/mol. The second-order valence-electron chi connectivity index (χ2n) is 5.26. The lowest BCUT2D eigenvalue weighted by Gasteiger charge is -2.32. The van der Waals surface area contributed by atoms with E-state index in [2.05, 4.69) is 10.2 Å². The number of imide groups is 1. The van der Waals surface area contributed by atoms with Crippen LogP contribution in [0.5, 0.6) is 0 Å². The Morgan fingerprint density at radius 1 is 1.25 bits per heavy atom. The number of piperidine rings is 1. The number of nitrogens with two attached hydrogens (primary N) is 1. The number of carbonyl (C=O) groups is 2. The second-order valence-corrected chi connectivity index (χ2v) is 5.26. The van der Waals surface area contributed by atoms with Crippen molar-refractivity contribution in [2.45, 2.75) is 25.4 Å². The Morgan fingerprint density at radius 3 is 2.60 bits per heavy atom. The van der Waals surface area contributed by atoms with Gasteiger partial charge in [0, 0.05) is 32.8 Å². The van der Waals surface area contributed by atoms with Crippen LogP contribution in [0, 0.1) is 0 Å². The minimum atomic E-state index is -0.269. The van der Waals surface area contributed by atoms with E-state index in [1.54, 1.807) is 0 Å². The standard InChI is InChI=1S/C13H24N4O3/c14-4-1-9-20-11-2-5-16(6-3-11)7-8-17-12(18)10-15-13(17)19/h11H,1-10,14H2,(H,15,19). The van der Waals surface area contributed by atoms with Gasteiger partial charge in [-0.15, -0.1) is 0 Å². The second kappa shape index (κ2) is 7.56. The van der Waals surface area contributed by atoms with Crippen LogP contribution in [-0.2, 0) is 9.53 Å². The Morgan fingerprint density at radius 2 is 2.00 bits per heavy atom. The largest absolute Gasteiger partial charge is 0.378 e. The molecule has 0 aromatic heterocycles. The van der Waals surface area contributed by atoms with E-state index < -0.39 is 0 Å². The fourth-order valence-electron chi connectivity index (χ4n) is 2.56. The highest BCUT2D eigenvalue weighted by Gasteiger charge is 2.29. The first-order valence-electron chi connectivity index (χ1n) is 7.33. The van der Waals surface area contributed by atoms with E-state index in [4.69, 9.17) is 10.5 Å². The van der Waals surface area contributed by atoms with Gasteiger partial charge in [0.25, 0.3) is 0 Å². The third kappa shape index (κ3) is 4.16. The van der Waals surface area contributed by atoms with Gasteiger partial charge in [0.1, 0.15) is 0 Å². The smallest absolute Gasteiger partial charge is 0.324 e. The van der Waals surface area contributed by atoms with Crippen molar-refractivity contribution in [2.24, 2.45) is 5.73 Å². The van der Waals surface area contributed by atoms with Gasteiger partial charge in [-0.2, -0.15) is 0 Å². The normalized spacial score (nSPS) is 21.6. The Balaban J connectivity index is 1.62. The Labute approximate surface area is 119 Å². The minimum absolute atomic E-state index is 0.130. The van der Waals surface area contributed by atoms with E-state index in [0.29, 0.717) is 19.2 Å². The molecule has 0 aromatic rings. The maximum Gasteiger partial charge on any atom is 0.324 e. The van der Waals surface area contributed by atoms with Crippen molar-refractivity contribution in [3.8, 4) is 0 Å². The van der Waals surface area contributed by atoms with Gasteiger partial charge in [-0.05, 0) is 25.8 Å². The molecular weight excluding hydrogens is 260 g/mol. The average molecular weight is 284 g/mol. The van der Waals surface area contributed by atoms with Gasteiger partial charge in [0.05, 0.1) is 12.6 Å². The van der Waals surface area contributed by atoms with Gasteiger partial charge in [-0.25, -0.2) is 4.79 Å². The molecule has 7 nitrogen and oxygen atoms in total. The number of amides is 3. The molecule has 0 bridgehead atoms. The van der Waals surface area contributed by atoms with Gasteiger partial charge in [-0.3, -0.25) is 9.69 Å². The molecule has 2 fully saturated rings. The molecular formula is C13H24N4O3. The quantitative estimate of drug-likeness (QED) is 0.480. The highest BCUT2D eigenvalue weighted by Crippen LogP contribution is 2.14. The summed E-state index contributed by atoms with van der Waals surface area (Å²) in [6.07, 6.45) is 3.25. The van der Waals surface area contributed by atoms with E-state index in [0.717, 1.165) is 45.5 Å². The van der Waals surface area contributed by atoms with Crippen molar-refractivity contribution in [1.29, 1.82) is 0 Å². The number of hydrogen-bond acceptors (Lipinski definition) is 5. The highest BCUT2D eigenvalue weighted by atomic mass is 16.5. The van der Waals surface area contributed by atoms with Gasteiger partial charge < -0.3 is 20.7 Å². The third-order valence-electron chi connectivity index (χ3n) is 3.81. The number of nitrogens with one attached hydrogen (secondary N) is 1. The molecule has 2 rings (SSSR count). The summed E-state index contributed by atoms with van der Waals surface area (Å²) in [7, 11) is 0. The molecule has 0 spiro atoms. The zero-order chi connectivity index (χ0) is 14.4. The first-order valence-corrected chi connectivity index (χ1v) is 7.33. The minimum Gasteiger partial charge on any atom is -0.378 e. The van der Waals surface area contributed by atoms with Crippen LogP contribution in [-0.4, -0.2) is 73.7 Å². The zero-order valence-corrected chi connectivity index (χ0v) is 11.8. The molecule has 2 saturated heterocycles. The van der Waals surface area contributed by atoms with Gasteiger partial charge in [-0.1, -0.05) is 0 Å². The maximum atomic E-state index is 11.5. The molecule has 0 aliphatic carbocycles. The summed E-state index contributed by atoms with van der Waals surface area (Å²) in [6.45, 7) is 4.68. The van der Waals surface area contributed by atoms with Crippen molar-refractivity contribution in [3.63, 3.8) is 0 Å². The molecule has 0 saturated carbocycles. The van der Waals surface area contributed by atoms with Gasteiger partial charge in [0.2, 0.25) is 5.91 Å². The average Bonchev–Trinajstić information content (AvgIpc) is 2.78. The van der Waals surface area contributed by atoms with E-state index in [1.165, 1.54) is 4.90 Å².